The molecule has 0 amide bonds. The number of hydrogen-bond acceptors (Lipinski definition) is 4. The van der Waals surface area contributed by atoms with Crippen LogP contribution in [0.1, 0.15) is 19.4 Å². The van der Waals surface area contributed by atoms with Crippen LogP contribution in [0.5, 0.6) is 0 Å². The first-order valence-corrected chi connectivity index (χ1v) is 10.4. The zero-order chi connectivity index (χ0) is 18.0. The highest BCUT2D eigenvalue weighted by Crippen LogP contribution is 2.43. The molecule has 0 aromatic heterocycles. The fourth-order valence-electron chi connectivity index (χ4n) is 2.90. The molecule has 0 radical (unpaired) electrons. The normalized spacial score (nSPS) is 20.1. The van der Waals surface area contributed by atoms with Crippen molar-refractivity contribution < 1.29 is 4.74 Å². The molecule has 1 aliphatic heterocycles. The monoisotopic (exact) mass is 388 g/mol. The number of hydroxylamine groups is 1. The highest BCUT2D eigenvalue weighted by molar-refractivity contribution is 8.24. The quantitative estimate of drug-likeness (QED) is 0.184. The molecule has 2 aromatic carbocycles. The van der Waals surface area contributed by atoms with Crippen molar-refractivity contribution in [2.24, 2.45) is 0 Å². The van der Waals surface area contributed by atoms with Gasteiger partial charge in [-0.2, -0.15) is 4.74 Å². The number of para-hydroxylation sites is 1. The van der Waals surface area contributed by atoms with Gasteiger partial charge in [-0.25, -0.2) is 0 Å². The third kappa shape index (κ3) is 3.86. The molecule has 1 fully saturated rings. The molecule has 0 aliphatic carbocycles. The van der Waals surface area contributed by atoms with Gasteiger partial charge in [-0.05, 0) is 56.5 Å². The minimum Gasteiger partial charge on any atom is -0.622 e. The Kier molecular flexibility index (Phi) is 5.41. The maximum absolute atomic E-state index is 13.1. The highest BCUT2D eigenvalue weighted by Gasteiger charge is 2.51. The predicted octanol–water partition coefficient (Wildman–Crippen LogP) is 4.98. The van der Waals surface area contributed by atoms with E-state index in [1.54, 1.807) is 29.7 Å². The van der Waals surface area contributed by atoms with E-state index in [9.17, 15) is 5.21 Å². The summed E-state index contributed by atoms with van der Waals surface area (Å²) in [4.78, 5) is 3.14. The SMILES string of the molecule is CSc1ccc(/C=[N+](\[O-])[C@H]2N(c3ccccc3)C(=S)SC2(C)C)cc1. The molecule has 130 valence electrons. The van der Waals surface area contributed by atoms with Crippen molar-refractivity contribution in [2.75, 3.05) is 11.2 Å². The maximum atomic E-state index is 13.1. The van der Waals surface area contributed by atoms with Gasteiger partial charge >= 0.3 is 0 Å². The third-order valence-electron chi connectivity index (χ3n) is 4.08. The van der Waals surface area contributed by atoms with E-state index in [2.05, 4.69) is 13.8 Å². The number of benzene rings is 2. The second-order valence-corrected chi connectivity index (χ2v) is 9.48. The summed E-state index contributed by atoms with van der Waals surface area (Å²) in [6, 6.07) is 17.9. The molecule has 0 N–H and O–H groups in total. The molecule has 6 heteroatoms. The van der Waals surface area contributed by atoms with Crippen molar-refractivity contribution in [2.45, 2.75) is 29.7 Å². The summed E-state index contributed by atoms with van der Waals surface area (Å²) >= 11 is 8.83. The number of nitrogens with zero attached hydrogens (tertiary/aromatic N) is 2. The Hall–Kier alpha value is -1.50. The molecule has 3 nitrogen and oxygen atoms in total. The van der Waals surface area contributed by atoms with Crippen LogP contribution in [-0.2, 0) is 0 Å². The van der Waals surface area contributed by atoms with E-state index in [4.69, 9.17) is 12.2 Å². The molecule has 3 rings (SSSR count). The predicted molar refractivity (Wildman–Crippen MR) is 114 cm³/mol. The summed E-state index contributed by atoms with van der Waals surface area (Å²) < 4.78 is 1.45. The van der Waals surface area contributed by atoms with Crippen LogP contribution in [-0.4, -0.2) is 32.4 Å². The Labute approximate surface area is 162 Å². The van der Waals surface area contributed by atoms with E-state index >= 15 is 0 Å². The Bertz CT molecular complexity index is 788. The first-order valence-electron chi connectivity index (χ1n) is 7.94. The lowest BCUT2D eigenvalue weighted by Gasteiger charge is -2.29. The van der Waals surface area contributed by atoms with Gasteiger partial charge in [0, 0.05) is 16.1 Å². The lowest BCUT2D eigenvalue weighted by Crippen LogP contribution is -2.48. The van der Waals surface area contributed by atoms with Gasteiger partial charge in [0.15, 0.2) is 6.21 Å². The van der Waals surface area contributed by atoms with Gasteiger partial charge in [0.25, 0.3) is 6.17 Å². The minimum atomic E-state index is -0.396. The number of hydrogen-bond donors (Lipinski definition) is 0. The summed E-state index contributed by atoms with van der Waals surface area (Å²) in [5.74, 6) is 0. The lowest BCUT2D eigenvalue weighted by atomic mass is 10.1. The number of rotatable bonds is 4. The van der Waals surface area contributed by atoms with Gasteiger partial charge in [0.05, 0.1) is 0 Å². The van der Waals surface area contributed by atoms with E-state index in [1.807, 2.05) is 65.8 Å². The molecule has 25 heavy (non-hydrogen) atoms. The lowest BCUT2D eigenvalue weighted by molar-refractivity contribution is -0.497. The molecule has 0 bridgehead atoms. The van der Waals surface area contributed by atoms with Gasteiger partial charge in [0.2, 0.25) is 0 Å². The summed E-state index contributed by atoms with van der Waals surface area (Å²) in [7, 11) is 0. The smallest absolute Gasteiger partial charge is 0.258 e. The molecule has 2 aromatic rings. The molecule has 0 spiro atoms. The van der Waals surface area contributed by atoms with Crippen molar-refractivity contribution >= 4 is 52.0 Å². The van der Waals surface area contributed by atoms with Crippen molar-refractivity contribution in [3.8, 4) is 0 Å². The molecule has 1 heterocycles. The van der Waals surface area contributed by atoms with Crippen LogP contribution >= 0.6 is 35.7 Å². The van der Waals surface area contributed by atoms with E-state index in [0.29, 0.717) is 0 Å². The Balaban J connectivity index is 1.98. The summed E-state index contributed by atoms with van der Waals surface area (Å²) in [5.41, 5.74) is 1.84. The van der Waals surface area contributed by atoms with Crippen LogP contribution in [0.2, 0.25) is 0 Å². The van der Waals surface area contributed by atoms with Crippen molar-refractivity contribution in [1.29, 1.82) is 0 Å². The van der Waals surface area contributed by atoms with Gasteiger partial charge in [-0.15, -0.1) is 11.8 Å². The van der Waals surface area contributed by atoms with Gasteiger partial charge < -0.3 is 5.21 Å². The van der Waals surface area contributed by atoms with Crippen LogP contribution in [0.25, 0.3) is 0 Å². The second-order valence-electron chi connectivity index (χ2n) is 6.31. The summed E-state index contributed by atoms with van der Waals surface area (Å²) in [6.07, 6.45) is 3.30. The Morgan fingerprint density at radius 1 is 1.16 bits per heavy atom. The Morgan fingerprint density at radius 3 is 2.40 bits per heavy atom. The average Bonchev–Trinajstić information content (AvgIpc) is 2.85. The molecule has 1 aliphatic rings. The number of anilines is 1. The summed E-state index contributed by atoms with van der Waals surface area (Å²) in [5, 5.41) is 13.1. The molecular weight excluding hydrogens is 368 g/mol. The van der Waals surface area contributed by atoms with Crippen LogP contribution in [0.3, 0.4) is 0 Å². The maximum Gasteiger partial charge on any atom is 0.258 e. The van der Waals surface area contributed by atoms with Crippen LogP contribution in [0, 0.1) is 5.21 Å². The Morgan fingerprint density at radius 2 is 1.80 bits per heavy atom. The minimum absolute atomic E-state index is 0.315. The molecular formula is C19H20N2OS3. The standard InChI is InChI=1S/C19H20N2OS3/c1-19(2)17(20(22)13-14-9-11-16(24-3)12-10-14)21(18(23)25-19)15-7-5-4-6-8-15/h4-13,17H,1-3H3/b20-13-/t17-/m0/s1. The second kappa shape index (κ2) is 7.40. The van der Waals surface area contributed by atoms with E-state index in [0.717, 1.165) is 20.3 Å². The summed E-state index contributed by atoms with van der Waals surface area (Å²) in [6.45, 7) is 4.13. The average molecular weight is 389 g/mol. The zero-order valence-electron chi connectivity index (χ0n) is 14.4. The topological polar surface area (TPSA) is 29.3 Å². The van der Waals surface area contributed by atoms with Gasteiger partial charge in [0.1, 0.15) is 9.07 Å². The fraction of sp³-hybridized carbons (Fsp3) is 0.263. The zero-order valence-corrected chi connectivity index (χ0v) is 16.8. The van der Waals surface area contributed by atoms with Crippen LogP contribution < -0.4 is 4.90 Å². The highest BCUT2D eigenvalue weighted by atomic mass is 32.2. The molecule has 1 saturated heterocycles. The fourth-order valence-corrected chi connectivity index (χ4v) is 5.23. The first kappa shape index (κ1) is 18.3. The van der Waals surface area contributed by atoms with Crippen molar-refractivity contribution in [1.82, 2.24) is 0 Å². The number of thiocarbonyl (C=S) groups is 1. The van der Waals surface area contributed by atoms with Crippen molar-refractivity contribution in [3.05, 3.63) is 65.4 Å². The number of thioether (sulfide) groups is 2. The molecule has 1 atom stereocenters. The largest absolute Gasteiger partial charge is 0.622 e. The van der Waals surface area contributed by atoms with Crippen molar-refractivity contribution in [3.63, 3.8) is 0 Å². The first-order chi connectivity index (χ1) is 11.9. The van der Waals surface area contributed by atoms with E-state index in [1.165, 1.54) is 4.90 Å². The van der Waals surface area contributed by atoms with Crippen LogP contribution in [0.15, 0.2) is 59.5 Å². The van der Waals surface area contributed by atoms with Gasteiger partial charge in [-0.3, -0.25) is 4.90 Å². The van der Waals surface area contributed by atoms with Crippen LogP contribution in [0.4, 0.5) is 5.69 Å². The van der Waals surface area contributed by atoms with E-state index in [-0.39, 0.29) is 4.75 Å². The molecule has 0 saturated carbocycles. The van der Waals surface area contributed by atoms with E-state index < -0.39 is 6.17 Å². The molecule has 0 unspecified atom stereocenters. The third-order valence-corrected chi connectivity index (χ3v) is 6.38. The van der Waals surface area contributed by atoms with Gasteiger partial charge in [-0.1, -0.05) is 42.2 Å².